The smallest absolute Gasteiger partial charge is 0.251 e. The Hall–Kier alpha value is -2.36. The number of carbonyl (C=O) groups is 1. The lowest BCUT2D eigenvalue weighted by molar-refractivity contribution is 0.0954. The number of carbonyl (C=O) groups excluding carboxylic acids is 1. The maximum atomic E-state index is 12.7. The molecule has 0 saturated carbocycles. The summed E-state index contributed by atoms with van der Waals surface area (Å²) >= 11 is 0. The van der Waals surface area contributed by atoms with E-state index in [0.717, 1.165) is 11.3 Å². The summed E-state index contributed by atoms with van der Waals surface area (Å²) in [6.45, 7) is 0.526. The second-order valence-electron chi connectivity index (χ2n) is 4.46. The molecular formula is C16H17FN2O. The molecule has 0 saturated heterocycles. The lowest BCUT2D eigenvalue weighted by atomic mass is 10.1. The molecule has 0 aliphatic heterocycles. The van der Waals surface area contributed by atoms with Crippen LogP contribution in [0.4, 0.5) is 10.1 Å². The first kappa shape index (κ1) is 14.1. The van der Waals surface area contributed by atoms with Gasteiger partial charge in [-0.1, -0.05) is 12.1 Å². The molecule has 2 aromatic carbocycles. The number of amides is 1. The third-order valence-corrected chi connectivity index (χ3v) is 3.05. The Morgan fingerprint density at radius 3 is 2.30 bits per heavy atom. The van der Waals surface area contributed by atoms with Crippen molar-refractivity contribution in [1.82, 2.24) is 5.32 Å². The van der Waals surface area contributed by atoms with Gasteiger partial charge in [0.25, 0.3) is 5.91 Å². The van der Waals surface area contributed by atoms with Gasteiger partial charge in [0.05, 0.1) is 0 Å². The lowest BCUT2D eigenvalue weighted by Gasteiger charge is -2.06. The van der Waals surface area contributed by atoms with Crippen molar-refractivity contribution in [2.45, 2.75) is 6.42 Å². The van der Waals surface area contributed by atoms with Crippen molar-refractivity contribution in [3.63, 3.8) is 0 Å². The Morgan fingerprint density at radius 1 is 1.05 bits per heavy atom. The molecule has 4 heteroatoms. The van der Waals surface area contributed by atoms with Gasteiger partial charge in [-0.05, 0) is 48.4 Å². The van der Waals surface area contributed by atoms with Crippen LogP contribution in [0, 0.1) is 5.82 Å². The van der Waals surface area contributed by atoms with Crippen LogP contribution >= 0.6 is 0 Å². The highest BCUT2D eigenvalue weighted by Gasteiger charge is 2.04. The molecule has 0 aliphatic rings. The van der Waals surface area contributed by atoms with Crippen molar-refractivity contribution in [1.29, 1.82) is 0 Å². The second-order valence-corrected chi connectivity index (χ2v) is 4.46. The van der Waals surface area contributed by atoms with Gasteiger partial charge in [0.2, 0.25) is 0 Å². The minimum Gasteiger partial charge on any atom is -0.388 e. The van der Waals surface area contributed by atoms with E-state index in [0.29, 0.717) is 18.5 Å². The molecule has 0 bridgehead atoms. The summed E-state index contributed by atoms with van der Waals surface area (Å²) in [5, 5.41) is 5.85. The standard InChI is InChI=1S/C16H17FN2O/c1-18-15-8-4-13(5-9-15)16(20)19-11-10-12-2-6-14(17)7-3-12/h2-9,18H,10-11H2,1H3,(H,19,20). The van der Waals surface area contributed by atoms with Gasteiger partial charge in [0.15, 0.2) is 0 Å². The molecule has 0 radical (unpaired) electrons. The molecule has 20 heavy (non-hydrogen) atoms. The first-order valence-corrected chi connectivity index (χ1v) is 6.49. The van der Waals surface area contributed by atoms with Crippen molar-refractivity contribution < 1.29 is 9.18 Å². The molecule has 104 valence electrons. The second kappa shape index (κ2) is 6.70. The zero-order valence-electron chi connectivity index (χ0n) is 11.3. The number of hydrogen-bond acceptors (Lipinski definition) is 2. The van der Waals surface area contributed by atoms with Gasteiger partial charge >= 0.3 is 0 Å². The van der Waals surface area contributed by atoms with E-state index in [1.54, 1.807) is 24.3 Å². The highest BCUT2D eigenvalue weighted by Crippen LogP contribution is 2.08. The van der Waals surface area contributed by atoms with Crippen LogP contribution in [0.25, 0.3) is 0 Å². The highest BCUT2D eigenvalue weighted by atomic mass is 19.1. The molecule has 0 aromatic heterocycles. The molecule has 0 fully saturated rings. The van der Waals surface area contributed by atoms with E-state index in [1.807, 2.05) is 19.2 Å². The van der Waals surface area contributed by atoms with Crippen molar-refractivity contribution in [2.24, 2.45) is 0 Å². The number of nitrogens with one attached hydrogen (secondary N) is 2. The van der Waals surface area contributed by atoms with Gasteiger partial charge in [-0.25, -0.2) is 4.39 Å². The summed E-state index contributed by atoms with van der Waals surface area (Å²) in [7, 11) is 1.83. The summed E-state index contributed by atoms with van der Waals surface area (Å²) < 4.78 is 12.7. The topological polar surface area (TPSA) is 41.1 Å². The maximum absolute atomic E-state index is 12.7. The fourth-order valence-electron chi connectivity index (χ4n) is 1.86. The number of rotatable bonds is 5. The first-order chi connectivity index (χ1) is 9.69. The Morgan fingerprint density at radius 2 is 1.70 bits per heavy atom. The third-order valence-electron chi connectivity index (χ3n) is 3.05. The predicted molar refractivity (Wildman–Crippen MR) is 78.4 cm³/mol. The SMILES string of the molecule is CNc1ccc(C(=O)NCCc2ccc(F)cc2)cc1. The van der Waals surface area contributed by atoms with E-state index in [2.05, 4.69) is 10.6 Å². The minimum absolute atomic E-state index is 0.102. The molecule has 2 rings (SSSR count). The molecule has 3 nitrogen and oxygen atoms in total. The van der Waals surface area contributed by atoms with Gasteiger partial charge in [-0.2, -0.15) is 0 Å². The summed E-state index contributed by atoms with van der Waals surface area (Å²) in [5.74, 6) is -0.350. The number of halogens is 1. The van der Waals surface area contributed by atoms with E-state index in [1.165, 1.54) is 12.1 Å². The number of hydrogen-bond donors (Lipinski definition) is 2. The van der Waals surface area contributed by atoms with E-state index in [4.69, 9.17) is 0 Å². The summed E-state index contributed by atoms with van der Waals surface area (Å²) in [6.07, 6.45) is 0.681. The van der Waals surface area contributed by atoms with Crippen LogP contribution in [0.1, 0.15) is 15.9 Å². The Kier molecular flexibility index (Phi) is 4.71. The summed E-state index contributed by atoms with van der Waals surface area (Å²) in [4.78, 5) is 11.9. The summed E-state index contributed by atoms with van der Waals surface area (Å²) in [6, 6.07) is 13.6. The Bertz CT molecular complexity index is 564. The number of benzene rings is 2. The summed E-state index contributed by atoms with van der Waals surface area (Å²) in [5.41, 5.74) is 2.59. The van der Waals surface area contributed by atoms with Crippen LogP contribution in [-0.4, -0.2) is 19.5 Å². The van der Waals surface area contributed by atoms with E-state index < -0.39 is 0 Å². The average Bonchev–Trinajstić information content (AvgIpc) is 2.49. The van der Waals surface area contributed by atoms with Crippen LogP contribution in [0.2, 0.25) is 0 Å². The highest BCUT2D eigenvalue weighted by molar-refractivity contribution is 5.94. The van der Waals surface area contributed by atoms with Crippen molar-refractivity contribution in [2.75, 3.05) is 18.9 Å². The Balaban J connectivity index is 1.83. The van der Waals surface area contributed by atoms with Crippen molar-refractivity contribution in [3.8, 4) is 0 Å². The van der Waals surface area contributed by atoms with Gasteiger partial charge < -0.3 is 10.6 Å². The predicted octanol–water partition coefficient (Wildman–Crippen LogP) is 2.84. The fourth-order valence-corrected chi connectivity index (χ4v) is 1.86. The van der Waals surface area contributed by atoms with Gasteiger partial charge in [0.1, 0.15) is 5.82 Å². The molecule has 2 N–H and O–H groups in total. The number of anilines is 1. The molecule has 0 unspecified atom stereocenters. The molecule has 0 spiro atoms. The van der Waals surface area contributed by atoms with Gasteiger partial charge in [0, 0.05) is 24.8 Å². The van der Waals surface area contributed by atoms with Crippen LogP contribution in [0.15, 0.2) is 48.5 Å². The largest absolute Gasteiger partial charge is 0.388 e. The average molecular weight is 272 g/mol. The normalized spacial score (nSPS) is 10.1. The van der Waals surface area contributed by atoms with Crippen LogP contribution in [0.5, 0.6) is 0 Å². The molecule has 1 amide bonds. The zero-order chi connectivity index (χ0) is 14.4. The molecule has 0 aliphatic carbocycles. The van der Waals surface area contributed by atoms with E-state index in [-0.39, 0.29) is 11.7 Å². The molecule has 2 aromatic rings. The Labute approximate surface area is 117 Å². The third kappa shape index (κ3) is 3.82. The quantitative estimate of drug-likeness (QED) is 0.878. The van der Waals surface area contributed by atoms with Crippen LogP contribution in [-0.2, 0) is 6.42 Å². The van der Waals surface area contributed by atoms with Crippen molar-refractivity contribution in [3.05, 3.63) is 65.5 Å². The first-order valence-electron chi connectivity index (χ1n) is 6.49. The van der Waals surface area contributed by atoms with Gasteiger partial charge in [-0.3, -0.25) is 4.79 Å². The van der Waals surface area contributed by atoms with E-state index >= 15 is 0 Å². The molecule has 0 heterocycles. The van der Waals surface area contributed by atoms with Crippen molar-refractivity contribution >= 4 is 11.6 Å². The monoisotopic (exact) mass is 272 g/mol. The van der Waals surface area contributed by atoms with Gasteiger partial charge in [-0.15, -0.1) is 0 Å². The molecule has 0 atom stereocenters. The van der Waals surface area contributed by atoms with Crippen LogP contribution < -0.4 is 10.6 Å². The zero-order valence-corrected chi connectivity index (χ0v) is 11.3. The maximum Gasteiger partial charge on any atom is 0.251 e. The molecular weight excluding hydrogens is 255 g/mol. The lowest BCUT2D eigenvalue weighted by Crippen LogP contribution is -2.25. The fraction of sp³-hybridized carbons (Fsp3) is 0.188. The minimum atomic E-state index is -0.248. The van der Waals surface area contributed by atoms with Crippen LogP contribution in [0.3, 0.4) is 0 Å². The van der Waals surface area contributed by atoms with E-state index in [9.17, 15) is 9.18 Å².